The van der Waals surface area contributed by atoms with Crippen molar-refractivity contribution in [3.8, 4) is 0 Å². The molecule has 0 bridgehead atoms. The van der Waals surface area contributed by atoms with Crippen molar-refractivity contribution in [1.29, 1.82) is 0 Å². The van der Waals surface area contributed by atoms with Gasteiger partial charge in [0.15, 0.2) is 0 Å². The van der Waals surface area contributed by atoms with Gasteiger partial charge in [0, 0.05) is 19.7 Å². The molecule has 1 amide bonds. The summed E-state index contributed by atoms with van der Waals surface area (Å²) in [7, 11) is 1.65. The molecule has 0 aromatic rings. The highest BCUT2D eigenvalue weighted by Crippen LogP contribution is 2.38. The third-order valence-electron chi connectivity index (χ3n) is 5.23. The molecule has 0 aliphatic heterocycles. The molecule has 2 rings (SSSR count). The molecule has 2 aliphatic rings. The first-order valence-electron chi connectivity index (χ1n) is 8.80. The standard InChI is InChI=1S/C17H32N2O2/c1-21-12-11-18-17(20)13-19-16-10-6-5-9-15(16)14-7-3-2-4-8-14/h14-16,19H,2-13H2,1H3,(H,18,20). The maximum Gasteiger partial charge on any atom is 0.234 e. The van der Waals surface area contributed by atoms with E-state index in [4.69, 9.17) is 4.74 Å². The van der Waals surface area contributed by atoms with Crippen molar-refractivity contribution in [2.24, 2.45) is 11.8 Å². The fourth-order valence-electron chi connectivity index (χ4n) is 4.12. The zero-order valence-corrected chi connectivity index (χ0v) is 13.5. The predicted octanol–water partition coefficient (Wildman–Crippen LogP) is 2.48. The molecule has 122 valence electrons. The summed E-state index contributed by atoms with van der Waals surface area (Å²) in [5.41, 5.74) is 0. The number of ether oxygens (including phenoxy) is 1. The number of rotatable bonds is 7. The molecule has 0 heterocycles. The Hall–Kier alpha value is -0.610. The van der Waals surface area contributed by atoms with Gasteiger partial charge in [-0.3, -0.25) is 4.79 Å². The summed E-state index contributed by atoms with van der Waals surface area (Å²) in [6.07, 6.45) is 12.3. The lowest BCUT2D eigenvalue weighted by molar-refractivity contribution is -0.120. The molecular weight excluding hydrogens is 264 g/mol. The molecule has 0 spiro atoms. The quantitative estimate of drug-likeness (QED) is 0.710. The van der Waals surface area contributed by atoms with Crippen LogP contribution in [0.25, 0.3) is 0 Å². The molecule has 2 atom stereocenters. The van der Waals surface area contributed by atoms with E-state index in [2.05, 4.69) is 10.6 Å². The van der Waals surface area contributed by atoms with Gasteiger partial charge in [-0.05, 0) is 24.7 Å². The van der Waals surface area contributed by atoms with Gasteiger partial charge in [0.05, 0.1) is 13.2 Å². The Labute approximate surface area is 129 Å². The first kappa shape index (κ1) is 16.8. The molecule has 2 N–H and O–H groups in total. The SMILES string of the molecule is COCCNC(=O)CNC1CCCCC1C1CCCCC1. The van der Waals surface area contributed by atoms with Gasteiger partial charge in [0.25, 0.3) is 0 Å². The van der Waals surface area contributed by atoms with E-state index in [0.29, 0.717) is 25.7 Å². The molecule has 4 heteroatoms. The number of hydrogen-bond donors (Lipinski definition) is 2. The maximum atomic E-state index is 11.8. The minimum atomic E-state index is 0.0972. The number of amides is 1. The van der Waals surface area contributed by atoms with Crippen LogP contribution in [0.2, 0.25) is 0 Å². The van der Waals surface area contributed by atoms with Crippen molar-refractivity contribution in [3.63, 3.8) is 0 Å². The molecule has 2 unspecified atom stereocenters. The largest absolute Gasteiger partial charge is 0.383 e. The molecule has 21 heavy (non-hydrogen) atoms. The van der Waals surface area contributed by atoms with Gasteiger partial charge in [-0.2, -0.15) is 0 Å². The number of carbonyl (C=O) groups is 1. The van der Waals surface area contributed by atoms with Crippen LogP contribution in [0.4, 0.5) is 0 Å². The highest BCUT2D eigenvalue weighted by Gasteiger charge is 2.32. The van der Waals surface area contributed by atoms with Gasteiger partial charge in [0.1, 0.15) is 0 Å². The van der Waals surface area contributed by atoms with E-state index in [-0.39, 0.29) is 5.91 Å². The second kappa shape index (κ2) is 9.42. The van der Waals surface area contributed by atoms with Gasteiger partial charge in [0.2, 0.25) is 5.91 Å². The molecular formula is C17H32N2O2. The monoisotopic (exact) mass is 296 g/mol. The summed E-state index contributed by atoms with van der Waals surface area (Å²) >= 11 is 0. The van der Waals surface area contributed by atoms with Gasteiger partial charge >= 0.3 is 0 Å². The van der Waals surface area contributed by atoms with Crippen LogP contribution < -0.4 is 10.6 Å². The van der Waals surface area contributed by atoms with Crippen molar-refractivity contribution in [3.05, 3.63) is 0 Å². The fraction of sp³-hybridized carbons (Fsp3) is 0.941. The van der Waals surface area contributed by atoms with Gasteiger partial charge in [-0.1, -0.05) is 44.9 Å². The van der Waals surface area contributed by atoms with E-state index in [1.807, 2.05) is 0 Å². The van der Waals surface area contributed by atoms with Crippen molar-refractivity contribution < 1.29 is 9.53 Å². The van der Waals surface area contributed by atoms with E-state index in [9.17, 15) is 4.79 Å². The highest BCUT2D eigenvalue weighted by atomic mass is 16.5. The van der Waals surface area contributed by atoms with Crippen molar-refractivity contribution >= 4 is 5.91 Å². The van der Waals surface area contributed by atoms with Crippen LogP contribution in [0, 0.1) is 11.8 Å². The zero-order chi connectivity index (χ0) is 14.9. The lowest BCUT2D eigenvalue weighted by atomic mass is 9.71. The highest BCUT2D eigenvalue weighted by molar-refractivity contribution is 5.77. The van der Waals surface area contributed by atoms with Crippen LogP contribution in [0.3, 0.4) is 0 Å². The molecule has 2 saturated carbocycles. The number of carbonyl (C=O) groups excluding carboxylic acids is 1. The lowest BCUT2D eigenvalue weighted by Gasteiger charge is -2.39. The van der Waals surface area contributed by atoms with E-state index in [1.165, 1.54) is 57.8 Å². The maximum absolute atomic E-state index is 11.8. The Balaban J connectivity index is 1.74. The molecule has 4 nitrogen and oxygen atoms in total. The molecule has 2 fully saturated rings. The molecule has 2 aliphatic carbocycles. The number of methoxy groups -OCH3 is 1. The lowest BCUT2D eigenvalue weighted by Crippen LogP contribution is -2.46. The smallest absolute Gasteiger partial charge is 0.234 e. The molecule has 0 aromatic carbocycles. The molecule has 0 aromatic heterocycles. The number of hydrogen-bond acceptors (Lipinski definition) is 3. The second-order valence-electron chi connectivity index (χ2n) is 6.68. The first-order valence-corrected chi connectivity index (χ1v) is 8.80. The summed E-state index contributed by atoms with van der Waals surface area (Å²) in [6, 6.07) is 0.551. The van der Waals surface area contributed by atoms with Crippen molar-refractivity contribution in [2.45, 2.75) is 63.8 Å². The van der Waals surface area contributed by atoms with Crippen LogP contribution in [-0.2, 0) is 9.53 Å². The van der Waals surface area contributed by atoms with Gasteiger partial charge in [-0.25, -0.2) is 0 Å². The van der Waals surface area contributed by atoms with Crippen LogP contribution in [0.15, 0.2) is 0 Å². The average Bonchev–Trinajstić information content (AvgIpc) is 2.54. The summed E-state index contributed by atoms with van der Waals surface area (Å²) in [6.45, 7) is 1.64. The van der Waals surface area contributed by atoms with Crippen LogP contribution in [-0.4, -0.2) is 38.8 Å². The Morgan fingerprint density at radius 2 is 1.76 bits per heavy atom. The fourth-order valence-corrected chi connectivity index (χ4v) is 4.12. The minimum Gasteiger partial charge on any atom is -0.383 e. The van der Waals surface area contributed by atoms with E-state index >= 15 is 0 Å². The normalized spacial score (nSPS) is 27.5. The zero-order valence-electron chi connectivity index (χ0n) is 13.5. The summed E-state index contributed by atoms with van der Waals surface area (Å²) in [4.78, 5) is 11.8. The Kier molecular flexibility index (Phi) is 7.51. The first-order chi connectivity index (χ1) is 10.3. The van der Waals surface area contributed by atoms with Crippen LogP contribution >= 0.6 is 0 Å². The molecule has 0 saturated heterocycles. The van der Waals surface area contributed by atoms with Gasteiger partial charge in [-0.15, -0.1) is 0 Å². The Bertz CT molecular complexity index is 303. The van der Waals surface area contributed by atoms with Crippen molar-refractivity contribution in [1.82, 2.24) is 10.6 Å². The average molecular weight is 296 g/mol. The predicted molar refractivity (Wildman–Crippen MR) is 85.2 cm³/mol. The van der Waals surface area contributed by atoms with E-state index in [1.54, 1.807) is 7.11 Å². The van der Waals surface area contributed by atoms with Crippen LogP contribution in [0.1, 0.15) is 57.8 Å². The molecule has 0 radical (unpaired) electrons. The van der Waals surface area contributed by atoms with Gasteiger partial charge < -0.3 is 15.4 Å². The Morgan fingerprint density at radius 3 is 2.52 bits per heavy atom. The number of nitrogens with one attached hydrogen (secondary N) is 2. The van der Waals surface area contributed by atoms with Crippen LogP contribution in [0.5, 0.6) is 0 Å². The minimum absolute atomic E-state index is 0.0972. The van der Waals surface area contributed by atoms with E-state index in [0.717, 1.165) is 11.8 Å². The third-order valence-corrected chi connectivity index (χ3v) is 5.23. The van der Waals surface area contributed by atoms with Crippen molar-refractivity contribution in [2.75, 3.05) is 26.8 Å². The topological polar surface area (TPSA) is 50.4 Å². The Morgan fingerprint density at radius 1 is 1.05 bits per heavy atom. The van der Waals surface area contributed by atoms with E-state index < -0.39 is 0 Å². The summed E-state index contributed by atoms with van der Waals surface area (Å²) in [5.74, 6) is 1.79. The second-order valence-corrected chi connectivity index (χ2v) is 6.68. The third kappa shape index (κ3) is 5.59. The summed E-state index contributed by atoms with van der Waals surface area (Å²) < 4.78 is 4.95. The summed E-state index contributed by atoms with van der Waals surface area (Å²) in [5, 5.41) is 6.43.